The molecule has 17 heavy (non-hydrogen) atoms. The van der Waals surface area contributed by atoms with Crippen LogP contribution in [0.2, 0.25) is 0 Å². The molecule has 0 atom stereocenters. The van der Waals surface area contributed by atoms with Gasteiger partial charge in [-0.2, -0.15) is 0 Å². The highest BCUT2D eigenvalue weighted by molar-refractivity contribution is 5.52. The molecule has 3 nitrogen and oxygen atoms in total. The third-order valence-corrected chi connectivity index (χ3v) is 2.58. The number of anilines is 1. The van der Waals surface area contributed by atoms with Crippen LogP contribution >= 0.6 is 0 Å². The zero-order chi connectivity index (χ0) is 12.5. The lowest BCUT2D eigenvalue weighted by Gasteiger charge is -2.14. The van der Waals surface area contributed by atoms with Gasteiger partial charge in [-0.15, -0.1) is 0 Å². The number of ether oxygens (including phenoxy) is 2. The molecule has 0 saturated carbocycles. The number of rotatable bonds is 8. The first kappa shape index (κ1) is 14.0. The van der Waals surface area contributed by atoms with E-state index in [4.69, 9.17) is 9.47 Å². The van der Waals surface area contributed by atoms with E-state index in [0.717, 1.165) is 6.54 Å². The Balaban J connectivity index is 2.31. The SMILES string of the molecule is COCCOCCNc1ccccc1C(C)C. The maximum atomic E-state index is 5.41. The van der Waals surface area contributed by atoms with Gasteiger partial charge in [0.25, 0.3) is 0 Å². The van der Waals surface area contributed by atoms with Crippen LogP contribution in [0.1, 0.15) is 25.3 Å². The fourth-order valence-electron chi connectivity index (χ4n) is 1.66. The third-order valence-electron chi connectivity index (χ3n) is 2.58. The van der Waals surface area contributed by atoms with Crippen LogP contribution in [0.25, 0.3) is 0 Å². The number of benzene rings is 1. The topological polar surface area (TPSA) is 30.5 Å². The second-order valence-electron chi connectivity index (χ2n) is 4.27. The number of nitrogens with one attached hydrogen (secondary N) is 1. The minimum Gasteiger partial charge on any atom is -0.382 e. The van der Waals surface area contributed by atoms with Crippen LogP contribution in [0.4, 0.5) is 5.69 Å². The standard InChI is InChI=1S/C14H23NO2/c1-12(2)13-6-4-5-7-14(13)15-8-9-17-11-10-16-3/h4-7,12,15H,8-11H2,1-3H3. The van der Waals surface area contributed by atoms with Gasteiger partial charge < -0.3 is 14.8 Å². The normalized spacial score (nSPS) is 10.8. The molecule has 1 N–H and O–H groups in total. The van der Waals surface area contributed by atoms with Crippen LogP contribution in [0.3, 0.4) is 0 Å². The monoisotopic (exact) mass is 237 g/mol. The van der Waals surface area contributed by atoms with Crippen molar-refractivity contribution in [3.8, 4) is 0 Å². The third kappa shape index (κ3) is 5.20. The average molecular weight is 237 g/mol. The largest absolute Gasteiger partial charge is 0.382 e. The molecule has 0 bridgehead atoms. The van der Waals surface area contributed by atoms with E-state index in [1.807, 2.05) is 0 Å². The summed E-state index contributed by atoms with van der Waals surface area (Å²) in [5.41, 5.74) is 2.56. The summed E-state index contributed by atoms with van der Waals surface area (Å²) in [7, 11) is 1.68. The van der Waals surface area contributed by atoms with Crippen molar-refractivity contribution < 1.29 is 9.47 Å². The van der Waals surface area contributed by atoms with Crippen molar-refractivity contribution in [2.45, 2.75) is 19.8 Å². The molecule has 0 heterocycles. The molecule has 0 aliphatic carbocycles. The van der Waals surface area contributed by atoms with E-state index >= 15 is 0 Å². The fourth-order valence-corrected chi connectivity index (χ4v) is 1.66. The molecule has 1 aromatic carbocycles. The number of hydrogen-bond acceptors (Lipinski definition) is 3. The Bertz CT molecular complexity index is 313. The summed E-state index contributed by atoms with van der Waals surface area (Å²) in [5, 5.41) is 3.41. The summed E-state index contributed by atoms with van der Waals surface area (Å²) in [5.74, 6) is 0.535. The summed E-state index contributed by atoms with van der Waals surface area (Å²) in [6.45, 7) is 7.25. The highest BCUT2D eigenvalue weighted by Crippen LogP contribution is 2.23. The number of hydrogen-bond donors (Lipinski definition) is 1. The van der Waals surface area contributed by atoms with Gasteiger partial charge in [-0.05, 0) is 17.5 Å². The molecule has 0 saturated heterocycles. The van der Waals surface area contributed by atoms with Gasteiger partial charge in [0, 0.05) is 19.3 Å². The molecule has 1 aromatic rings. The van der Waals surface area contributed by atoms with E-state index in [0.29, 0.717) is 25.7 Å². The van der Waals surface area contributed by atoms with Crippen molar-refractivity contribution in [1.29, 1.82) is 0 Å². The van der Waals surface area contributed by atoms with Gasteiger partial charge in [0.1, 0.15) is 0 Å². The van der Waals surface area contributed by atoms with Gasteiger partial charge in [-0.25, -0.2) is 0 Å². The molecule has 96 valence electrons. The van der Waals surface area contributed by atoms with E-state index < -0.39 is 0 Å². The molecule has 0 aliphatic heterocycles. The maximum absolute atomic E-state index is 5.41. The van der Waals surface area contributed by atoms with Gasteiger partial charge in [0.05, 0.1) is 19.8 Å². The molecule has 3 heteroatoms. The lowest BCUT2D eigenvalue weighted by atomic mass is 10.0. The summed E-state index contributed by atoms with van der Waals surface area (Å²) >= 11 is 0. The fraction of sp³-hybridized carbons (Fsp3) is 0.571. The van der Waals surface area contributed by atoms with Gasteiger partial charge in [0.2, 0.25) is 0 Å². The smallest absolute Gasteiger partial charge is 0.0701 e. The summed E-state index contributed by atoms with van der Waals surface area (Å²) in [6.07, 6.45) is 0. The lowest BCUT2D eigenvalue weighted by Crippen LogP contribution is -2.13. The molecule has 0 amide bonds. The Morgan fingerprint density at radius 2 is 1.88 bits per heavy atom. The minimum absolute atomic E-state index is 0.535. The molecule has 0 fully saturated rings. The Labute approximate surface area is 104 Å². The molecule has 0 radical (unpaired) electrons. The number of para-hydroxylation sites is 1. The molecular weight excluding hydrogens is 214 g/mol. The van der Waals surface area contributed by atoms with Gasteiger partial charge in [-0.3, -0.25) is 0 Å². The first-order valence-electron chi connectivity index (χ1n) is 6.15. The Hall–Kier alpha value is -1.06. The Morgan fingerprint density at radius 1 is 1.12 bits per heavy atom. The highest BCUT2D eigenvalue weighted by Gasteiger charge is 2.04. The first-order valence-corrected chi connectivity index (χ1v) is 6.15. The number of methoxy groups -OCH3 is 1. The van der Waals surface area contributed by atoms with E-state index in [2.05, 4.69) is 43.4 Å². The zero-order valence-corrected chi connectivity index (χ0v) is 11.0. The van der Waals surface area contributed by atoms with Crippen LogP contribution in [-0.2, 0) is 9.47 Å². The average Bonchev–Trinajstić information content (AvgIpc) is 2.34. The van der Waals surface area contributed by atoms with E-state index in [-0.39, 0.29) is 0 Å². The van der Waals surface area contributed by atoms with Gasteiger partial charge in [0.15, 0.2) is 0 Å². The van der Waals surface area contributed by atoms with Gasteiger partial charge >= 0.3 is 0 Å². The van der Waals surface area contributed by atoms with Crippen molar-refractivity contribution in [3.63, 3.8) is 0 Å². The molecule has 0 spiro atoms. The van der Waals surface area contributed by atoms with Crippen molar-refractivity contribution in [1.82, 2.24) is 0 Å². The first-order chi connectivity index (χ1) is 8.25. The van der Waals surface area contributed by atoms with Gasteiger partial charge in [-0.1, -0.05) is 32.0 Å². The van der Waals surface area contributed by atoms with Crippen LogP contribution in [-0.4, -0.2) is 33.5 Å². The van der Waals surface area contributed by atoms with Crippen LogP contribution in [0.5, 0.6) is 0 Å². The van der Waals surface area contributed by atoms with E-state index in [1.165, 1.54) is 11.3 Å². The molecular formula is C14H23NO2. The quantitative estimate of drug-likeness (QED) is 0.705. The minimum atomic E-state index is 0.535. The van der Waals surface area contributed by atoms with Crippen LogP contribution in [0, 0.1) is 0 Å². The molecule has 0 aliphatic rings. The predicted octanol–water partition coefficient (Wildman–Crippen LogP) is 2.88. The summed E-state index contributed by atoms with van der Waals surface area (Å²) < 4.78 is 10.3. The second-order valence-corrected chi connectivity index (χ2v) is 4.27. The Morgan fingerprint density at radius 3 is 2.59 bits per heavy atom. The van der Waals surface area contributed by atoms with Crippen molar-refractivity contribution in [2.24, 2.45) is 0 Å². The van der Waals surface area contributed by atoms with Crippen molar-refractivity contribution in [2.75, 3.05) is 38.8 Å². The van der Waals surface area contributed by atoms with Crippen molar-refractivity contribution in [3.05, 3.63) is 29.8 Å². The van der Waals surface area contributed by atoms with E-state index in [9.17, 15) is 0 Å². The van der Waals surface area contributed by atoms with Crippen LogP contribution in [0.15, 0.2) is 24.3 Å². The summed E-state index contributed by atoms with van der Waals surface area (Å²) in [4.78, 5) is 0. The maximum Gasteiger partial charge on any atom is 0.0701 e. The van der Waals surface area contributed by atoms with Crippen LogP contribution < -0.4 is 5.32 Å². The highest BCUT2D eigenvalue weighted by atomic mass is 16.5. The second kappa shape index (κ2) is 8.09. The molecule has 0 aromatic heterocycles. The predicted molar refractivity (Wildman–Crippen MR) is 71.7 cm³/mol. The lowest BCUT2D eigenvalue weighted by molar-refractivity contribution is 0.0759. The van der Waals surface area contributed by atoms with E-state index in [1.54, 1.807) is 7.11 Å². The molecule has 0 unspecified atom stereocenters. The van der Waals surface area contributed by atoms with Crippen molar-refractivity contribution >= 4 is 5.69 Å². The summed E-state index contributed by atoms with van der Waals surface area (Å²) in [6, 6.07) is 8.42. The zero-order valence-electron chi connectivity index (χ0n) is 11.0. The Kier molecular flexibility index (Phi) is 6.67. The molecule has 1 rings (SSSR count).